The highest BCUT2D eigenvalue weighted by Crippen LogP contribution is 2.30. The summed E-state index contributed by atoms with van der Waals surface area (Å²) in [5.41, 5.74) is 2.64. The van der Waals surface area contributed by atoms with Crippen LogP contribution in [0.5, 0.6) is 0 Å². The molecule has 1 fully saturated rings. The SMILES string of the molecule is Cc1noc(C)c1CC(=O)N1CCCC[C@@H]1c1cc(=O)n2[nH]ccc2n1. The van der Waals surface area contributed by atoms with Crippen LogP contribution in [0.2, 0.25) is 0 Å². The van der Waals surface area contributed by atoms with Gasteiger partial charge in [0.2, 0.25) is 5.91 Å². The van der Waals surface area contributed by atoms with Crippen molar-refractivity contribution in [3.05, 3.63) is 51.4 Å². The molecule has 8 heteroatoms. The molecule has 0 unspecified atom stereocenters. The summed E-state index contributed by atoms with van der Waals surface area (Å²) in [6, 6.07) is 3.10. The molecule has 0 spiro atoms. The summed E-state index contributed by atoms with van der Waals surface area (Å²) in [4.78, 5) is 31.7. The maximum Gasteiger partial charge on any atom is 0.272 e. The van der Waals surface area contributed by atoms with Gasteiger partial charge in [0.05, 0.1) is 23.9 Å². The monoisotopic (exact) mass is 355 g/mol. The minimum atomic E-state index is -0.177. The Hall–Kier alpha value is -2.90. The summed E-state index contributed by atoms with van der Waals surface area (Å²) in [5.74, 6) is 0.690. The Balaban J connectivity index is 1.65. The number of amides is 1. The van der Waals surface area contributed by atoms with Gasteiger partial charge in [-0.2, -0.15) is 0 Å². The molecule has 136 valence electrons. The van der Waals surface area contributed by atoms with E-state index < -0.39 is 0 Å². The van der Waals surface area contributed by atoms with E-state index in [4.69, 9.17) is 4.52 Å². The lowest BCUT2D eigenvalue weighted by atomic mass is 9.97. The third kappa shape index (κ3) is 2.81. The molecule has 26 heavy (non-hydrogen) atoms. The predicted molar refractivity (Wildman–Crippen MR) is 93.8 cm³/mol. The maximum absolute atomic E-state index is 13.0. The zero-order chi connectivity index (χ0) is 18.3. The first-order chi connectivity index (χ1) is 12.5. The van der Waals surface area contributed by atoms with Crippen molar-refractivity contribution in [2.75, 3.05) is 6.54 Å². The molecular weight excluding hydrogens is 334 g/mol. The zero-order valence-electron chi connectivity index (χ0n) is 14.9. The van der Waals surface area contributed by atoms with Crippen molar-refractivity contribution in [3.63, 3.8) is 0 Å². The molecule has 0 radical (unpaired) electrons. The first-order valence-corrected chi connectivity index (χ1v) is 8.83. The van der Waals surface area contributed by atoms with E-state index in [0.717, 1.165) is 30.5 Å². The molecule has 0 aromatic carbocycles. The van der Waals surface area contributed by atoms with Crippen molar-refractivity contribution in [1.82, 2.24) is 24.7 Å². The van der Waals surface area contributed by atoms with E-state index in [1.54, 1.807) is 12.3 Å². The van der Waals surface area contributed by atoms with E-state index in [0.29, 0.717) is 23.6 Å². The molecule has 1 saturated heterocycles. The van der Waals surface area contributed by atoms with Crippen LogP contribution in [0.25, 0.3) is 5.65 Å². The Labute approximate surface area is 149 Å². The first kappa shape index (κ1) is 16.6. The summed E-state index contributed by atoms with van der Waals surface area (Å²) in [6.07, 6.45) is 4.70. The highest BCUT2D eigenvalue weighted by atomic mass is 16.5. The maximum atomic E-state index is 13.0. The van der Waals surface area contributed by atoms with E-state index in [2.05, 4.69) is 15.2 Å². The molecule has 3 aromatic heterocycles. The van der Waals surface area contributed by atoms with Crippen LogP contribution in [-0.2, 0) is 11.2 Å². The molecule has 0 saturated carbocycles. The fourth-order valence-corrected chi connectivity index (χ4v) is 3.66. The summed E-state index contributed by atoms with van der Waals surface area (Å²) in [5, 5.41) is 6.76. The van der Waals surface area contributed by atoms with Crippen LogP contribution >= 0.6 is 0 Å². The average Bonchev–Trinajstić information content (AvgIpc) is 3.24. The number of carbonyl (C=O) groups is 1. The molecule has 0 bridgehead atoms. The number of nitrogens with one attached hydrogen (secondary N) is 1. The second-order valence-corrected chi connectivity index (χ2v) is 6.75. The number of aromatic nitrogens is 4. The quantitative estimate of drug-likeness (QED) is 0.774. The van der Waals surface area contributed by atoms with Crippen molar-refractivity contribution >= 4 is 11.6 Å². The van der Waals surface area contributed by atoms with Gasteiger partial charge < -0.3 is 9.42 Å². The zero-order valence-corrected chi connectivity index (χ0v) is 14.9. The second kappa shape index (κ2) is 6.44. The predicted octanol–water partition coefficient (Wildman–Crippen LogP) is 1.92. The van der Waals surface area contributed by atoms with Crippen LogP contribution in [0.1, 0.15) is 48.0 Å². The molecular formula is C18H21N5O3. The normalized spacial score (nSPS) is 17.8. The number of nitrogens with zero attached hydrogens (tertiary/aromatic N) is 4. The summed E-state index contributed by atoms with van der Waals surface area (Å²) in [6.45, 7) is 4.33. The number of fused-ring (bicyclic) bond motifs is 1. The van der Waals surface area contributed by atoms with Crippen molar-refractivity contribution in [3.8, 4) is 0 Å². The highest BCUT2D eigenvalue weighted by Gasteiger charge is 2.30. The molecule has 4 heterocycles. The first-order valence-electron chi connectivity index (χ1n) is 8.83. The Morgan fingerprint density at radius 2 is 2.23 bits per heavy atom. The lowest BCUT2D eigenvalue weighted by Crippen LogP contribution is -2.40. The van der Waals surface area contributed by atoms with Crippen LogP contribution in [0.4, 0.5) is 0 Å². The number of carbonyl (C=O) groups excluding carboxylic acids is 1. The van der Waals surface area contributed by atoms with E-state index in [-0.39, 0.29) is 23.9 Å². The number of piperidine rings is 1. The lowest BCUT2D eigenvalue weighted by Gasteiger charge is -2.35. The van der Waals surface area contributed by atoms with Gasteiger partial charge in [-0.3, -0.25) is 14.7 Å². The number of H-pyrrole nitrogens is 1. The van der Waals surface area contributed by atoms with Crippen LogP contribution < -0.4 is 5.56 Å². The summed E-state index contributed by atoms with van der Waals surface area (Å²) < 4.78 is 6.56. The lowest BCUT2D eigenvalue weighted by molar-refractivity contribution is -0.134. The van der Waals surface area contributed by atoms with Crippen LogP contribution in [0.15, 0.2) is 27.6 Å². The van der Waals surface area contributed by atoms with Gasteiger partial charge >= 0.3 is 0 Å². The van der Waals surface area contributed by atoms with E-state index in [9.17, 15) is 9.59 Å². The number of likely N-dealkylation sites (tertiary alicyclic amines) is 1. The Morgan fingerprint density at radius 3 is 3.00 bits per heavy atom. The van der Waals surface area contributed by atoms with Crippen molar-refractivity contribution in [2.24, 2.45) is 0 Å². The standard InChI is InChI=1S/C18H21N5O3/c1-11-13(12(2)26-21-11)9-17(24)22-8-4-3-5-15(22)14-10-18(25)23-16(20-14)6-7-19-23/h6-7,10,15,19H,3-5,8-9H2,1-2H3/t15-/m1/s1. The number of aryl methyl sites for hydroxylation is 2. The number of rotatable bonds is 3. The average molecular weight is 355 g/mol. The number of hydrogen-bond acceptors (Lipinski definition) is 5. The van der Waals surface area contributed by atoms with Gasteiger partial charge in [-0.05, 0) is 33.1 Å². The van der Waals surface area contributed by atoms with Gasteiger partial charge in [-0.15, -0.1) is 0 Å². The Kier molecular flexibility index (Phi) is 4.10. The summed E-state index contributed by atoms with van der Waals surface area (Å²) in [7, 11) is 0. The largest absolute Gasteiger partial charge is 0.361 e. The Morgan fingerprint density at radius 1 is 1.38 bits per heavy atom. The molecule has 3 aromatic rings. The van der Waals surface area contributed by atoms with Crippen molar-refractivity contribution in [2.45, 2.75) is 45.6 Å². The molecule has 1 aliphatic rings. The fraction of sp³-hybridized carbons (Fsp3) is 0.444. The second-order valence-electron chi connectivity index (χ2n) is 6.75. The van der Waals surface area contributed by atoms with Crippen molar-refractivity contribution < 1.29 is 9.32 Å². The minimum absolute atomic E-state index is 0.0140. The highest BCUT2D eigenvalue weighted by molar-refractivity contribution is 5.79. The van der Waals surface area contributed by atoms with Gasteiger partial charge in [0.25, 0.3) is 5.56 Å². The van der Waals surface area contributed by atoms with Crippen LogP contribution in [0, 0.1) is 13.8 Å². The van der Waals surface area contributed by atoms with Crippen LogP contribution in [0.3, 0.4) is 0 Å². The Bertz CT molecular complexity index is 996. The van der Waals surface area contributed by atoms with Gasteiger partial charge in [-0.25, -0.2) is 9.50 Å². The molecule has 4 rings (SSSR count). The molecule has 1 N–H and O–H groups in total. The van der Waals surface area contributed by atoms with Crippen LogP contribution in [-0.4, -0.2) is 37.1 Å². The number of aromatic amines is 1. The van der Waals surface area contributed by atoms with Gasteiger partial charge in [-0.1, -0.05) is 5.16 Å². The molecule has 8 nitrogen and oxygen atoms in total. The van der Waals surface area contributed by atoms with E-state index in [1.165, 1.54) is 10.6 Å². The van der Waals surface area contributed by atoms with Gasteiger partial charge in [0, 0.05) is 30.4 Å². The van der Waals surface area contributed by atoms with E-state index >= 15 is 0 Å². The van der Waals surface area contributed by atoms with Gasteiger partial charge in [0.1, 0.15) is 5.76 Å². The van der Waals surface area contributed by atoms with Crippen molar-refractivity contribution in [1.29, 1.82) is 0 Å². The topological polar surface area (TPSA) is 96.5 Å². The van der Waals surface area contributed by atoms with E-state index in [1.807, 2.05) is 18.7 Å². The molecule has 1 aliphatic heterocycles. The molecule has 1 atom stereocenters. The summed E-state index contributed by atoms with van der Waals surface area (Å²) >= 11 is 0. The third-order valence-corrected chi connectivity index (χ3v) is 5.07. The smallest absolute Gasteiger partial charge is 0.272 e. The molecule has 1 amide bonds. The minimum Gasteiger partial charge on any atom is -0.361 e. The fourth-order valence-electron chi connectivity index (χ4n) is 3.66. The molecule has 0 aliphatic carbocycles. The number of hydrogen-bond donors (Lipinski definition) is 1. The third-order valence-electron chi connectivity index (χ3n) is 5.07. The van der Waals surface area contributed by atoms with Gasteiger partial charge in [0.15, 0.2) is 5.65 Å².